The number of alkyl halides is 1. The van der Waals surface area contributed by atoms with Crippen LogP contribution in [0.5, 0.6) is 0 Å². The summed E-state index contributed by atoms with van der Waals surface area (Å²) in [6.45, 7) is -0.530. The van der Waals surface area contributed by atoms with Crippen molar-refractivity contribution in [1.29, 1.82) is 0 Å². The zero-order chi connectivity index (χ0) is 26.0. The number of aromatic nitrogens is 2. The quantitative estimate of drug-likeness (QED) is 0.356. The fourth-order valence-corrected chi connectivity index (χ4v) is 4.77. The van der Waals surface area contributed by atoms with Gasteiger partial charge in [-0.15, -0.1) is 0 Å². The molecule has 1 unspecified atom stereocenters. The Bertz CT molecular complexity index is 1260. The van der Waals surface area contributed by atoms with Crippen molar-refractivity contribution in [2.45, 2.75) is 43.5 Å². The Kier molecular flexibility index (Phi) is 7.91. The number of nitrogens with one attached hydrogen (secondary N) is 1. The van der Waals surface area contributed by atoms with Crippen LogP contribution in [0.25, 0.3) is 11.3 Å². The number of nitrogen functional groups attached to an aromatic ring is 1. The van der Waals surface area contributed by atoms with Gasteiger partial charge < -0.3 is 21.3 Å². The molecule has 0 saturated heterocycles. The summed E-state index contributed by atoms with van der Waals surface area (Å²) in [5, 5.41) is 21.8. The second-order valence-electron chi connectivity index (χ2n) is 8.73. The average Bonchev–Trinajstić information content (AvgIpc) is 2.83. The SMILES string of the molecule is Nc1ncc([C@H]2CC[C@H](O)[C@@H](F)C2)nc1-c1ccc(C(=O)NC(CO)c2cc(F)cc(Br)c2)c(F)c1. The first-order valence-electron chi connectivity index (χ1n) is 11.3. The molecule has 3 aromatic rings. The Hall–Kier alpha value is -3.02. The summed E-state index contributed by atoms with van der Waals surface area (Å²) in [5.74, 6) is -2.45. The van der Waals surface area contributed by atoms with Gasteiger partial charge in [-0.25, -0.2) is 23.1 Å². The lowest BCUT2D eigenvalue weighted by molar-refractivity contribution is 0.0363. The van der Waals surface area contributed by atoms with Crippen LogP contribution < -0.4 is 11.1 Å². The van der Waals surface area contributed by atoms with Gasteiger partial charge in [-0.2, -0.15) is 0 Å². The van der Waals surface area contributed by atoms with E-state index in [9.17, 15) is 28.2 Å². The van der Waals surface area contributed by atoms with Gasteiger partial charge in [0.25, 0.3) is 5.91 Å². The predicted molar refractivity (Wildman–Crippen MR) is 131 cm³/mol. The van der Waals surface area contributed by atoms with Crippen LogP contribution in [0.15, 0.2) is 47.1 Å². The van der Waals surface area contributed by atoms with Gasteiger partial charge in [-0.05, 0) is 55.2 Å². The highest BCUT2D eigenvalue weighted by atomic mass is 79.9. The number of carbonyl (C=O) groups is 1. The molecule has 0 aliphatic heterocycles. The molecule has 4 atom stereocenters. The van der Waals surface area contributed by atoms with Crippen molar-refractivity contribution in [1.82, 2.24) is 15.3 Å². The molecule has 0 bridgehead atoms. The number of aliphatic hydroxyl groups is 2. The minimum absolute atomic E-state index is 0.0417. The first-order valence-corrected chi connectivity index (χ1v) is 12.1. The van der Waals surface area contributed by atoms with Gasteiger partial charge in [-0.3, -0.25) is 4.79 Å². The fourth-order valence-electron chi connectivity index (χ4n) is 4.28. The molecule has 0 radical (unpaired) electrons. The number of rotatable bonds is 6. The van der Waals surface area contributed by atoms with E-state index in [4.69, 9.17) is 5.73 Å². The van der Waals surface area contributed by atoms with Crippen molar-refractivity contribution in [2.75, 3.05) is 12.3 Å². The lowest BCUT2D eigenvalue weighted by atomic mass is 9.84. The zero-order valence-corrected chi connectivity index (χ0v) is 20.6. The summed E-state index contributed by atoms with van der Waals surface area (Å²) >= 11 is 3.16. The summed E-state index contributed by atoms with van der Waals surface area (Å²) < 4.78 is 43.2. The van der Waals surface area contributed by atoms with Crippen LogP contribution in [-0.4, -0.2) is 45.0 Å². The van der Waals surface area contributed by atoms with Crippen LogP contribution in [0.4, 0.5) is 19.0 Å². The maximum Gasteiger partial charge on any atom is 0.254 e. The molecule has 1 fully saturated rings. The van der Waals surface area contributed by atoms with Gasteiger partial charge in [0.05, 0.1) is 36.2 Å². The van der Waals surface area contributed by atoms with E-state index < -0.39 is 42.5 Å². The van der Waals surface area contributed by atoms with Gasteiger partial charge in [0.1, 0.15) is 29.3 Å². The Labute approximate surface area is 213 Å². The van der Waals surface area contributed by atoms with Crippen molar-refractivity contribution in [2.24, 2.45) is 0 Å². The Morgan fingerprint density at radius 2 is 2.00 bits per heavy atom. The molecule has 1 saturated carbocycles. The summed E-state index contributed by atoms with van der Waals surface area (Å²) in [4.78, 5) is 21.3. The standard InChI is InChI=1S/C25H24BrF3N4O3/c26-15-5-14(6-16(27)9-15)21(11-34)33-25(36)17-3-1-13(8-18(17)28)23-24(30)31-10-20(32-23)12-2-4-22(35)19(29)7-12/h1,3,5-6,8-10,12,19,21-22,34-35H,2,4,7,11H2,(H2,30,31)(H,33,36)/t12-,19-,21?,22-/m0/s1. The lowest BCUT2D eigenvalue weighted by Crippen LogP contribution is -2.31. The average molecular weight is 565 g/mol. The molecule has 1 aliphatic rings. The van der Waals surface area contributed by atoms with E-state index in [1.165, 1.54) is 30.5 Å². The van der Waals surface area contributed by atoms with Crippen molar-refractivity contribution in [3.05, 3.63) is 75.5 Å². The van der Waals surface area contributed by atoms with Gasteiger partial charge in [0.15, 0.2) is 0 Å². The predicted octanol–water partition coefficient (Wildman–Crippen LogP) is 4.20. The molecule has 4 rings (SSSR count). The number of amides is 1. The van der Waals surface area contributed by atoms with E-state index in [0.29, 0.717) is 28.6 Å². The van der Waals surface area contributed by atoms with Gasteiger partial charge in [0.2, 0.25) is 0 Å². The molecule has 1 amide bonds. The Morgan fingerprint density at radius 3 is 2.67 bits per heavy atom. The largest absolute Gasteiger partial charge is 0.394 e. The highest BCUT2D eigenvalue weighted by Crippen LogP contribution is 2.35. The molecule has 1 aliphatic carbocycles. The van der Waals surface area contributed by atoms with Crippen LogP contribution in [0.2, 0.25) is 0 Å². The van der Waals surface area contributed by atoms with Crippen LogP contribution >= 0.6 is 15.9 Å². The second-order valence-corrected chi connectivity index (χ2v) is 9.64. The van der Waals surface area contributed by atoms with Gasteiger partial charge in [-0.1, -0.05) is 22.0 Å². The number of hydrogen-bond acceptors (Lipinski definition) is 6. The van der Waals surface area contributed by atoms with E-state index in [2.05, 4.69) is 31.2 Å². The normalized spacial score (nSPS) is 20.7. The molecular weight excluding hydrogens is 541 g/mol. The van der Waals surface area contributed by atoms with Crippen molar-refractivity contribution in [3.8, 4) is 11.3 Å². The Balaban J connectivity index is 1.56. The van der Waals surface area contributed by atoms with E-state index in [1.807, 2.05) is 0 Å². The molecule has 11 heteroatoms. The smallest absolute Gasteiger partial charge is 0.254 e. The molecule has 7 nitrogen and oxygen atoms in total. The first-order chi connectivity index (χ1) is 17.2. The summed E-state index contributed by atoms with van der Waals surface area (Å²) in [7, 11) is 0. The van der Waals surface area contributed by atoms with E-state index >= 15 is 0 Å². The number of nitrogens with zero attached hydrogens (tertiary/aromatic N) is 2. The number of benzene rings is 2. The van der Waals surface area contributed by atoms with E-state index in [1.54, 1.807) is 0 Å². The highest BCUT2D eigenvalue weighted by molar-refractivity contribution is 9.10. The van der Waals surface area contributed by atoms with Crippen LogP contribution in [0.1, 0.15) is 52.8 Å². The lowest BCUT2D eigenvalue weighted by Gasteiger charge is -2.28. The molecule has 0 spiro atoms. The first kappa shape index (κ1) is 26.1. The van der Waals surface area contributed by atoms with Crippen LogP contribution in [-0.2, 0) is 0 Å². The van der Waals surface area contributed by atoms with Crippen molar-refractivity contribution < 1.29 is 28.2 Å². The maximum atomic E-state index is 15.0. The van der Waals surface area contributed by atoms with Crippen LogP contribution in [0.3, 0.4) is 0 Å². The molecule has 1 aromatic heterocycles. The molecule has 5 N–H and O–H groups in total. The number of aliphatic hydroxyl groups excluding tert-OH is 2. The zero-order valence-electron chi connectivity index (χ0n) is 19.0. The number of hydrogen-bond donors (Lipinski definition) is 4. The Morgan fingerprint density at radius 1 is 1.22 bits per heavy atom. The van der Waals surface area contributed by atoms with E-state index in [0.717, 1.165) is 12.1 Å². The third-order valence-corrected chi connectivity index (χ3v) is 6.70. The molecule has 190 valence electrons. The minimum atomic E-state index is -1.36. The van der Waals surface area contributed by atoms with Crippen LogP contribution in [0, 0.1) is 11.6 Å². The van der Waals surface area contributed by atoms with Crippen molar-refractivity contribution in [3.63, 3.8) is 0 Å². The third-order valence-electron chi connectivity index (χ3n) is 6.24. The number of halogens is 4. The maximum absolute atomic E-state index is 15.0. The molecule has 2 aromatic carbocycles. The minimum Gasteiger partial charge on any atom is -0.394 e. The van der Waals surface area contributed by atoms with Crippen molar-refractivity contribution >= 4 is 27.7 Å². The summed E-state index contributed by atoms with van der Waals surface area (Å²) in [5.41, 5.74) is 6.94. The third kappa shape index (κ3) is 5.69. The highest BCUT2D eigenvalue weighted by Gasteiger charge is 2.31. The molecule has 1 heterocycles. The fraction of sp³-hybridized carbons (Fsp3) is 0.320. The number of anilines is 1. The molecule has 36 heavy (non-hydrogen) atoms. The second kappa shape index (κ2) is 10.9. The monoisotopic (exact) mass is 564 g/mol. The topological polar surface area (TPSA) is 121 Å². The number of nitrogens with two attached hydrogens (primary N) is 1. The van der Waals surface area contributed by atoms with Gasteiger partial charge >= 0.3 is 0 Å². The number of carbonyl (C=O) groups excluding carboxylic acids is 1. The van der Waals surface area contributed by atoms with E-state index in [-0.39, 0.29) is 35.0 Å². The summed E-state index contributed by atoms with van der Waals surface area (Å²) in [6, 6.07) is 6.77. The summed E-state index contributed by atoms with van der Waals surface area (Å²) in [6.07, 6.45) is 0.0155. The molecular formula is C25H24BrF3N4O3. The van der Waals surface area contributed by atoms with Gasteiger partial charge in [0, 0.05) is 16.0 Å².